The Morgan fingerprint density at radius 3 is 1.82 bits per heavy atom. The van der Waals surface area contributed by atoms with Gasteiger partial charge in [-0.05, 0) is 30.7 Å². The van der Waals surface area contributed by atoms with Gasteiger partial charge in [-0.15, -0.1) is 0 Å². The van der Waals surface area contributed by atoms with Crippen molar-refractivity contribution in [3.63, 3.8) is 0 Å². The number of carboxylic acid groups (broad SMARTS) is 1. The maximum Gasteiger partial charge on any atom is 0.335 e. The maximum absolute atomic E-state index is 10.2. The van der Waals surface area contributed by atoms with Crippen LogP contribution in [0.3, 0.4) is 0 Å². The van der Waals surface area contributed by atoms with Crippen LogP contribution in [0.5, 0.6) is 5.75 Å². The second kappa shape index (κ2) is 6.33. The minimum Gasteiger partial charge on any atom is -0.508 e. The second-order valence-electron chi connectivity index (χ2n) is 3.46. The van der Waals surface area contributed by atoms with Crippen LogP contribution in [0.25, 0.3) is 0 Å². The Morgan fingerprint density at radius 1 is 0.941 bits per heavy atom. The number of phenols is 1. The van der Waals surface area contributed by atoms with Gasteiger partial charge in [-0.25, -0.2) is 4.79 Å². The van der Waals surface area contributed by atoms with Gasteiger partial charge in [-0.2, -0.15) is 0 Å². The van der Waals surface area contributed by atoms with E-state index >= 15 is 0 Å². The van der Waals surface area contributed by atoms with E-state index < -0.39 is 5.97 Å². The third kappa shape index (κ3) is 4.38. The summed E-state index contributed by atoms with van der Waals surface area (Å²) in [6.45, 7) is 1.87. The summed E-state index contributed by atoms with van der Waals surface area (Å²) in [7, 11) is 0. The van der Waals surface area contributed by atoms with E-state index in [0.717, 1.165) is 5.56 Å². The van der Waals surface area contributed by atoms with Crippen molar-refractivity contribution in [2.24, 2.45) is 0 Å². The number of rotatable bonds is 1. The Labute approximate surface area is 100.0 Å². The van der Waals surface area contributed by atoms with Crippen molar-refractivity contribution in [1.29, 1.82) is 0 Å². The summed E-state index contributed by atoms with van der Waals surface area (Å²) in [5, 5.41) is 17.3. The molecule has 0 bridgehead atoms. The van der Waals surface area contributed by atoms with E-state index in [2.05, 4.69) is 0 Å². The molecule has 0 aliphatic heterocycles. The van der Waals surface area contributed by atoms with E-state index in [1.54, 1.807) is 36.4 Å². The Kier molecular flexibility index (Phi) is 4.76. The second-order valence-corrected chi connectivity index (χ2v) is 3.46. The first kappa shape index (κ1) is 12.8. The third-order valence-electron chi connectivity index (χ3n) is 2.14. The summed E-state index contributed by atoms with van der Waals surface area (Å²) >= 11 is 0. The predicted octanol–water partition coefficient (Wildman–Crippen LogP) is 3.09. The lowest BCUT2D eigenvalue weighted by Crippen LogP contribution is -1.93. The molecule has 0 aromatic heterocycles. The molecule has 0 saturated carbocycles. The van der Waals surface area contributed by atoms with Gasteiger partial charge in [0.2, 0.25) is 0 Å². The van der Waals surface area contributed by atoms with Gasteiger partial charge in [-0.3, -0.25) is 0 Å². The number of aromatic carboxylic acids is 1. The number of para-hydroxylation sites is 1. The van der Waals surface area contributed by atoms with Crippen LogP contribution in [0.4, 0.5) is 0 Å². The average Bonchev–Trinajstić information content (AvgIpc) is 2.35. The topological polar surface area (TPSA) is 57.5 Å². The molecule has 17 heavy (non-hydrogen) atoms. The standard InChI is InChI=1S/C7H6O2.C7H8O/c8-7(9)6-4-2-1-3-5-6;1-6-4-2-3-5-7(6)8/h1-5H,(H,8,9);2-5,8H,1H3. The normalized spacial score (nSPS) is 9.00. The zero-order valence-corrected chi connectivity index (χ0v) is 9.50. The summed E-state index contributed by atoms with van der Waals surface area (Å²) in [6, 6.07) is 15.5. The highest BCUT2D eigenvalue weighted by atomic mass is 16.4. The summed E-state index contributed by atoms with van der Waals surface area (Å²) in [5.74, 6) is -0.511. The minimum atomic E-state index is -0.879. The van der Waals surface area contributed by atoms with Gasteiger partial charge in [0, 0.05) is 0 Å². The van der Waals surface area contributed by atoms with E-state index in [1.807, 2.05) is 25.1 Å². The Bertz CT molecular complexity index is 457. The lowest BCUT2D eigenvalue weighted by atomic mass is 10.2. The molecule has 2 N–H and O–H groups in total. The van der Waals surface area contributed by atoms with E-state index in [1.165, 1.54) is 0 Å². The molecule has 0 heterocycles. The van der Waals surface area contributed by atoms with Crippen LogP contribution in [0, 0.1) is 6.92 Å². The lowest BCUT2D eigenvalue weighted by molar-refractivity contribution is 0.0697. The molecule has 0 fully saturated rings. The van der Waals surface area contributed by atoms with E-state index in [9.17, 15) is 4.79 Å². The lowest BCUT2D eigenvalue weighted by Gasteiger charge is -1.92. The summed E-state index contributed by atoms with van der Waals surface area (Å²) in [6.07, 6.45) is 0. The molecule has 3 heteroatoms. The number of benzene rings is 2. The Hall–Kier alpha value is -2.29. The molecule has 0 spiro atoms. The number of aromatic hydroxyl groups is 1. The van der Waals surface area contributed by atoms with Crippen molar-refractivity contribution in [3.05, 3.63) is 65.7 Å². The molecule has 2 rings (SSSR count). The molecule has 0 saturated heterocycles. The predicted molar refractivity (Wildman–Crippen MR) is 66.2 cm³/mol. The van der Waals surface area contributed by atoms with Crippen LogP contribution < -0.4 is 0 Å². The van der Waals surface area contributed by atoms with Gasteiger partial charge in [-0.1, -0.05) is 36.4 Å². The Morgan fingerprint density at radius 2 is 1.47 bits per heavy atom. The number of carboxylic acids is 1. The monoisotopic (exact) mass is 230 g/mol. The molecule has 0 aliphatic carbocycles. The molecule has 0 amide bonds. The fourth-order valence-electron chi connectivity index (χ4n) is 1.14. The van der Waals surface area contributed by atoms with Crippen LogP contribution >= 0.6 is 0 Å². The molecular formula is C14H14O3. The molecule has 2 aromatic rings. The van der Waals surface area contributed by atoms with Crippen molar-refractivity contribution in [3.8, 4) is 5.75 Å². The molecule has 2 aromatic carbocycles. The molecule has 0 unspecified atom stereocenters. The zero-order valence-electron chi connectivity index (χ0n) is 9.50. The van der Waals surface area contributed by atoms with E-state index in [4.69, 9.17) is 10.2 Å². The fraction of sp³-hybridized carbons (Fsp3) is 0.0714. The first-order chi connectivity index (χ1) is 8.11. The highest BCUT2D eigenvalue weighted by molar-refractivity contribution is 5.87. The van der Waals surface area contributed by atoms with Crippen LogP contribution in [-0.4, -0.2) is 16.2 Å². The molecule has 0 atom stereocenters. The third-order valence-corrected chi connectivity index (χ3v) is 2.14. The summed E-state index contributed by atoms with van der Waals surface area (Å²) in [4.78, 5) is 10.2. The number of aryl methyl sites for hydroxylation is 1. The fourth-order valence-corrected chi connectivity index (χ4v) is 1.14. The zero-order chi connectivity index (χ0) is 12.7. The molecule has 88 valence electrons. The van der Waals surface area contributed by atoms with E-state index in [-0.39, 0.29) is 0 Å². The van der Waals surface area contributed by atoms with Crippen molar-refractivity contribution < 1.29 is 15.0 Å². The van der Waals surface area contributed by atoms with Crippen LogP contribution in [0.15, 0.2) is 54.6 Å². The average molecular weight is 230 g/mol. The largest absolute Gasteiger partial charge is 0.508 e. The summed E-state index contributed by atoms with van der Waals surface area (Å²) < 4.78 is 0. The van der Waals surface area contributed by atoms with Gasteiger partial charge < -0.3 is 10.2 Å². The van der Waals surface area contributed by atoms with Gasteiger partial charge in [0.25, 0.3) is 0 Å². The van der Waals surface area contributed by atoms with Gasteiger partial charge >= 0.3 is 5.97 Å². The first-order valence-corrected chi connectivity index (χ1v) is 5.14. The molecular weight excluding hydrogens is 216 g/mol. The van der Waals surface area contributed by atoms with Gasteiger partial charge in [0.15, 0.2) is 0 Å². The van der Waals surface area contributed by atoms with Crippen molar-refractivity contribution in [1.82, 2.24) is 0 Å². The van der Waals surface area contributed by atoms with Crippen molar-refractivity contribution in [2.75, 3.05) is 0 Å². The van der Waals surface area contributed by atoms with Crippen molar-refractivity contribution in [2.45, 2.75) is 6.92 Å². The van der Waals surface area contributed by atoms with E-state index in [0.29, 0.717) is 11.3 Å². The number of hydrogen-bond donors (Lipinski definition) is 2. The smallest absolute Gasteiger partial charge is 0.335 e. The number of hydrogen-bond acceptors (Lipinski definition) is 2. The molecule has 3 nitrogen and oxygen atoms in total. The number of phenolic OH excluding ortho intramolecular Hbond substituents is 1. The van der Waals surface area contributed by atoms with Crippen LogP contribution in [0.2, 0.25) is 0 Å². The first-order valence-electron chi connectivity index (χ1n) is 5.14. The SMILES string of the molecule is Cc1ccccc1O.O=C(O)c1ccccc1. The molecule has 0 radical (unpaired) electrons. The Balaban J connectivity index is 0.000000171. The quantitative estimate of drug-likeness (QED) is 0.791. The van der Waals surface area contributed by atoms with Gasteiger partial charge in [0.1, 0.15) is 5.75 Å². The van der Waals surface area contributed by atoms with Crippen LogP contribution in [0.1, 0.15) is 15.9 Å². The molecule has 0 aliphatic rings. The highest BCUT2D eigenvalue weighted by Crippen LogP contribution is 2.12. The number of carbonyl (C=O) groups is 1. The summed E-state index contributed by atoms with van der Waals surface area (Å²) in [5.41, 5.74) is 1.25. The van der Waals surface area contributed by atoms with Crippen LogP contribution in [-0.2, 0) is 0 Å². The van der Waals surface area contributed by atoms with Crippen molar-refractivity contribution >= 4 is 5.97 Å². The minimum absolute atomic E-state index is 0.331. The van der Waals surface area contributed by atoms with Gasteiger partial charge in [0.05, 0.1) is 5.56 Å². The maximum atomic E-state index is 10.2. The highest BCUT2D eigenvalue weighted by Gasteiger charge is 1.96.